The van der Waals surface area contributed by atoms with Gasteiger partial charge in [-0.3, -0.25) is 4.79 Å². The van der Waals surface area contributed by atoms with Crippen LogP contribution < -0.4 is 10.6 Å². The summed E-state index contributed by atoms with van der Waals surface area (Å²) in [6.07, 6.45) is 1.75. The molecule has 1 atom stereocenters. The Morgan fingerprint density at radius 2 is 2.19 bits per heavy atom. The van der Waals surface area contributed by atoms with Crippen LogP contribution in [0.2, 0.25) is 0 Å². The Labute approximate surface area is 128 Å². The maximum atomic E-state index is 12.0. The molecule has 0 aliphatic rings. The largest absolute Gasteiger partial charge is 0.383 e. The second kappa shape index (κ2) is 8.51. The molecule has 1 amide bonds. The molecule has 21 heavy (non-hydrogen) atoms. The fourth-order valence-electron chi connectivity index (χ4n) is 1.90. The monoisotopic (exact) mass is 305 g/mol. The molecule has 0 aliphatic carbocycles. The maximum absolute atomic E-state index is 12.0. The van der Waals surface area contributed by atoms with Gasteiger partial charge in [0.1, 0.15) is 11.0 Å². The van der Waals surface area contributed by atoms with Crippen molar-refractivity contribution >= 4 is 17.2 Å². The molecule has 112 valence electrons. The van der Waals surface area contributed by atoms with Gasteiger partial charge in [-0.1, -0.05) is 30.3 Å². The molecule has 2 N–H and O–H groups in total. The van der Waals surface area contributed by atoms with E-state index in [0.29, 0.717) is 13.2 Å². The Balaban J connectivity index is 1.99. The molecule has 5 nitrogen and oxygen atoms in total. The van der Waals surface area contributed by atoms with Crippen molar-refractivity contribution in [3.05, 3.63) is 52.5 Å². The smallest absolute Gasteiger partial charge is 0.234 e. The fourth-order valence-corrected chi connectivity index (χ4v) is 2.61. The number of rotatable bonds is 8. The molecular formula is C15H19N3O2S. The number of aromatic nitrogens is 1. The van der Waals surface area contributed by atoms with Crippen LogP contribution in [0, 0.1) is 0 Å². The number of methoxy groups -OCH3 is 1. The molecule has 1 unspecified atom stereocenters. The average Bonchev–Trinajstić information content (AvgIpc) is 3.04. The van der Waals surface area contributed by atoms with Gasteiger partial charge in [-0.25, -0.2) is 4.98 Å². The second-order valence-corrected chi connectivity index (χ2v) is 5.38. The van der Waals surface area contributed by atoms with E-state index in [-0.39, 0.29) is 18.5 Å². The average molecular weight is 305 g/mol. The minimum Gasteiger partial charge on any atom is -0.383 e. The van der Waals surface area contributed by atoms with Gasteiger partial charge in [0.15, 0.2) is 0 Å². The lowest BCUT2D eigenvalue weighted by Crippen LogP contribution is -2.37. The highest BCUT2D eigenvalue weighted by molar-refractivity contribution is 7.09. The van der Waals surface area contributed by atoms with Crippen molar-refractivity contribution in [1.82, 2.24) is 15.6 Å². The number of thiazole rings is 1. The zero-order valence-electron chi connectivity index (χ0n) is 11.9. The van der Waals surface area contributed by atoms with E-state index in [9.17, 15) is 4.79 Å². The molecule has 0 saturated carbocycles. The van der Waals surface area contributed by atoms with Crippen LogP contribution in [0.5, 0.6) is 0 Å². The number of carbonyl (C=O) groups is 1. The molecule has 6 heteroatoms. The van der Waals surface area contributed by atoms with Gasteiger partial charge in [-0.15, -0.1) is 11.3 Å². The predicted molar refractivity (Wildman–Crippen MR) is 83.3 cm³/mol. The normalized spacial score (nSPS) is 12.0. The van der Waals surface area contributed by atoms with Crippen LogP contribution >= 0.6 is 11.3 Å². The predicted octanol–water partition coefficient (Wildman–Crippen LogP) is 1.58. The van der Waals surface area contributed by atoms with Crippen LogP contribution in [0.4, 0.5) is 0 Å². The number of ether oxygens (including phenoxy) is 1. The van der Waals surface area contributed by atoms with Gasteiger partial charge >= 0.3 is 0 Å². The van der Waals surface area contributed by atoms with Gasteiger partial charge in [0.2, 0.25) is 5.91 Å². The van der Waals surface area contributed by atoms with Gasteiger partial charge in [-0.2, -0.15) is 0 Å². The van der Waals surface area contributed by atoms with E-state index in [2.05, 4.69) is 15.6 Å². The number of nitrogens with one attached hydrogen (secondary N) is 2. The molecule has 0 spiro atoms. The van der Waals surface area contributed by atoms with Crippen molar-refractivity contribution < 1.29 is 9.53 Å². The SMILES string of the molecule is COCCNCC(=O)NC(c1ccccc1)c1nccs1. The lowest BCUT2D eigenvalue weighted by atomic mass is 10.1. The summed E-state index contributed by atoms with van der Waals surface area (Å²) in [6, 6.07) is 9.65. The molecule has 0 aliphatic heterocycles. The van der Waals surface area contributed by atoms with E-state index < -0.39 is 0 Å². The van der Waals surface area contributed by atoms with E-state index >= 15 is 0 Å². The number of benzene rings is 1. The fraction of sp³-hybridized carbons (Fsp3) is 0.333. The third-order valence-corrected chi connectivity index (χ3v) is 3.75. The van der Waals surface area contributed by atoms with Crippen molar-refractivity contribution in [3.8, 4) is 0 Å². The van der Waals surface area contributed by atoms with E-state index in [4.69, 9.17) is 4.74 Å². The molecule has 0 fully saturated rings. The van der Waals surface area contributed by atoms with Gasteiger partial charge in [0, 0.05) is 25.2 Å². The van der Waals surface area contributed by atoms with E-state index in [0.717, 1.165) is 10.6 Å². The summed E-state index contributed by atoms with van der Waals surface area (Å²) in [6.45, 7) is 1.50. The summed E-state index contributed by atoms with van der Waals surface area (Å²) < 4.78 is 4.93. The summed E-state index contributed by atoms with van der Waals surface area (Å²) in [7, 11) is 1.63. The van der Waals surface area contributed by atoms with Crippen LogP contribution in [0.15, 0.2) is 41.9 Å². The van der Waals surface area contributed by atoms with Crippen molar-refractivity contribution in [3.63, 3.8) is 0 Å². The topological polar surface area (TPSA) is 63.2 Å². The first-order valence-corrected chi connectivity index (χ1v) is 7.62. The van der Waals surface area contributed by atoms with Gasteiger partial charge in [-0.05, 0) is 5.56 Å². The van der Waals surface area contributed by atoms with Crippen molar-refractivity contribution in [2.24, 2.45) is 0 Å². The van der Waals surface area contributed by atoms with Crippen molar-refractivity contribution in [1.29, 1.82) is 0 Å². The van der Waals surface area contributed by atoms with Crippen LogP contribution in [0.1, 0.15) is 16.6 Å². The lowest BCUT2D eigenvalue weighted by Gasteiger charge is -2.17. The highest BCUT2D eigenvalue weighted by atomic mass is 32.1. The first-order valence-electron chi connectivity index (χ1n) is 6.74. The standard InChI is InChI=1S/C15H19N3O2S/c1-20-9-7-16-11-13(19)18-14(15-17-8-10-21-15)12-5-3-2-4-6-12/h2-6,8,10,14,16H,7,9,11H2,1H3,(H,18,19). The molecule has 0 bridgehead atoms. The number of nitrogens with zero attached hydrogens (tertiary/aromatic N) is 1. The quantitative estimate of drug-likeness (QED) is 0.727. The highest BCUT2D eigenvalue weighted by Crippen LogP contribution is 2.23. The maximum Gasteiger partial charge on any atom is 0.234 e. The number of carbonyl (C=O) groups excluding carboxylic acids is 1. The Bertz CT molecular complexity index is 531. The molecule has 1 heterocycles. The summed E-state index contributed by atoms with van der Waals surface area (Å²) in [4.78, 5) is 16.4. The van der Waals surface area contributed by atoms with Gasteiger partial charge in [0.05, 0.1) is 13.2 Å². The second-order valence-electron chi connectivity index (χ2n) is 4.45. The van der Waals surface area contributed by atoms with E-state index in [1.165, 1.54) is 11.3 Å². The zero-order valence-corrected chi connectivity index (χ0v) is 12.7. The Morgan fingerprint density at radius 3 is 2.86 bits per heavy atom. The Kier molecular flexibility index (Phi) is 6.33. The Hall–Kier alpha value is -1.76. The number of hydrogen-bond donors (Lipinski definition) is 2. The molecular weight excluding hydrogens is 286 g/mol. The molecule has 2 aromatic rings. The van der Waals surface area contributed by atoms with Crippen LogP contribution in [-0.2, 0) is 9.53 Å². The zero-order chi connectivity index (χ0) is 14.9. The van der Waals surface area contributed by atoms with E-state index in [1.807, 2.05) is 35.7 Å². The summed E-state index contributed by atoms with van der Waals surface area (Å²) in [5.74, 6) is -0.0600. The summed E-state index contributed by atoms with van der Waals surface area (Å²) >= 11 is 1.53. The van der Waals surface area contributed by atoms with Crippen molar-refractivity contribution in [2.75, 3.05) is 26.8 Å². The number of amides is 1. The number of hydrogen-bond acceptors (Lipinski definition) is 5. The molecule has 0 saturated heterocycles. The van der Waals surface area contributed by atoms with Gasteiger partial charge in [0.25, 0.3) is 0 Å². The molecule has 0 radical (unpaired) electrons. The van der Waals surface area contributed by atoms with Crippen LogP contribution in [-0.4, -0.2) is 37.7 Å². The Morgan fingerprint density at radius 1 is 1.38 bits per heavy atom. The third-order valence-electron chi connectivity index (χ3n) is 2.91. The first-order chi connectivity index (χ1) is 10.3. The van der Waals surface area contributed by atoms with Crippen LogP contribution in [0.3, 0.4) is 0 Å². The van der Waals surface area contributed by atoms with Crippen molar-refractivity contribution in [2.45, 2.75) is 6.04 Å². The molecule has 2 rings (SSSR count). The lowest BCUT2D eigenvalue weighted by molar-refractivity contribution is -0.120. The highest BCUT2D eigenvalue weighted by Gasteiger charge is 2.18. The molecule has 1 aromatic heterocycles. The van der Waals surface area contributed by atoms with Gasteiger partial charge < -0.3 is 15.4 Å². The minimum atomic E-state index is -0.206. The minimum absolute atomic E-state index is 0.0600. The molecule has 1 aromatic carbocycles. The third kappa shape index (κ3) is 4.93. The summed E-state index contributed by atoms with van der Waals surface area (Å²) in [5, 5.41) is 8.84. The first kappa shape index (κ1) is 15.6. The van der Waals surface area contributed by atoms with E-state index in [1.54, 1.807) is 13.3 Å². The summed E-state index contributed by atoms with van der Waals surface area (Å²) in [5.41, 5.74) is 1.03. The van der Waals surface area contributed by atoms with Crippen LogP contribution in [0.25, 0.3) is 0 Å².